The summed E-state index contributed by atoms with van der Waals surface area (Å²) in [6.07, 6.45) is -4.40. The van der Waals surface area contributed by atoms with Crippen LogP contribution in [0, 0.1) is 13.8 Å². The third-order valence-corrected chi connectivity index (χ3v) is 3.45. The molecule has 0 aliphatic rings. The summed E-state index contributed by atoms with van der Waals surface area (Å²) in [6, 6.07) is 4.34. The number of nitrogens with zero attached hydrogens (tertiary/aromatic N) is 2. The smallest absolute Gasteiger partial charge is 0.334 e. The predicted molar refractivity (Wildman–Crippen MR) is 80.0 cm³/mol. The number of anilines is 1. The molecule has 0 radical (unpaired) electrons. The van der Waals surface area contributed by atoms with Crippen LogP contribution in [0.3, 0.4) is 0 Å². The number of amides is 2. The fourth-order valence-corrected chi connectivity index (χ4v) is 2.15. The van der Waals surface area contributed by atoms with Crippen LogP contribution in [0.25, 0.3) is 0 Å². The van der Waals surface area contributed by atoms with E-state index in [9.17, 15) is 18.0 Å². The highest BCUT2D eigenvalue weighted by atomic mass is 19.4. The average Bonchev–Trinajstić information content (AvgIpc) is 2.71. The summed E-state index contributed by atoms with van der Waals surface area (Å²) in [5.74, 6) is 0. The molecule has 124 valence electrons. The Bertz CT molecular complexity index is 722. The number of carbonyl (C=O) groups is 1. The second-order valence-electron chi connectivity index (χ2n) is 5.18. The van der Waals surface area contributed by atoms with Crippen LogP contribution in [0.5, 0.6) is 0 Å². The molecule has 0 saturated carbocycles. The number of aryl methyl sites for hydroxylation is 2. The zero-order chi connectivity index (χ0) is 17.2. The molecular weight excluding hydrogens is 309 g/mol. The number of aromatic nitrogens is 2. The second-order valence-corrected chi connectivity index (χ2v) is 5.18. The first-order valence-electron chi connectivity index (χ1n) is 6.89. The molecule has 5 nitrogen and oxygen atoms in total. The van der Waals surface area contributed by atoms with Gasteiger partial charge in [0.25, 0.3) is 0 Å². The monoisotopic (exact) mass is 326 g/mol. The molecule has 1 aromatic heterocycles. The molecule has 0 aliphatic heterocycles. The number of nitrogens with one attached hydrogen (secondary N) is 2. The first-order chi connectivity index (χ1) is 10.7. The van der Waals surface area contributed by atoms with Gasteiger partial charge >= 0.3 is 12.2 Å². The molecule has 23 heavy (non-hydrogen) atoms. The fourth-order valence-electron chi connectivity index (χ4n) is 2.15. The molecule has 0 atom stereocenters. The van der Waals surface area contributed by atoms with Gasteiger partial charge in [0.2, 0.25) is 0 Å². The van der Waals surface area contributed by atoms with E-state index in [4.69, 9.17) is 0 Å². The Morgan fingerprint density at radius 2 is 2.00 bits per heavy atom. The average molecular weight is 326 g/mol. The van der Waals surface area contributed by atoms with Crippen molar-refractivity contribution in [3.63, 3.8) is 0 Å². The highest BCUT2D eigenvalue weighted by molar-refractivity contribution is 5.90. The van der Waals surface area contributed by atoms with Crippen LogP contribution >= 0.6 is 0 Å². The first kappa shape index (κ1) is 16.9. The van der Waals surface area contributed by atoms with Crippen molar-refractivity contribution in [3.8, 4) is 0 Å². The van der Waals surface area contributed by atoms with Gasteiger partial charge in [0, 0.05) is 13.6 Å². The molecule has 0 spiro atoms. The largest absolute Gasteiger partial charge is 0.416 e. The summed E-state index contributed by atoms with van der Waals surface area (Å²) in [4.78, 5) is 11.9. The van der Waals surface area contributed by atoms with Gasteiger partial charge in [-0.25, -0.2) is 4.79 Å². The van der Waals surface area contributed by atoms with E-state index < -0.39 is 17.8 Å². The molecule has 1 aromatic carbocycles. The molecule has 0 unspecified atom stereocenters. The van der Waals surface area contributed by atoms with Gasteiger partial charge in [0.05, 0.1) is 22.6 Å². The van der Waals surface area contributed by atoms with Gasteiger partial charge in [-0.15, -0.1) is 0 Å². The number of alkyl halides is 3. The third kappa shape index (κ3) is 4.02. The number of hydrogen-bond donors (Lipinski definition) is 2. The minimum atomic E-state index is -4.40. The van der Waals surface area contributed by atoms with E-state index in [0.29, 0.717) is 16.9 Å². The Labute approximate surface area is 131 Å². The zero-order valence-corrected chi connectivity index (χ0v) is 13.0. The van der Waals surface area contributed by atoms with Crippen molar-refractivity contribution in [1.29, 1.82) is 0 Å². The van der Waals surface area contributed by atoms with Crippen molar-refractivity contribution in [2.75, 3.05) is 5.32 Å². The van der Waals surface area contributed by atoms with E-state index in [1.807, 2.05) is 6.92 Å². The lowest BCUT2D eigenvalue weighted by Gasteiger charge is -2.10. The lowest BCUT2D eigenvalue weighted by Crippen LogP contribution is -2.28. The van der Waals surface area contributed by atoms with Gasteiger partial charge in [0.15, 0.2) is 0 Å². The van der Waals surface area contributed by atoms with Crippen molar-refractivity contribution in [2.45, 2.75) is 26.6 Å². The molecule has 0 bridgehead atoms. The number of carbonyl (C=O) groups excluding carboxylic acids is 1. The number of hydrogen-bond acceptors (Lipinski definition) is 2. The van der Waals surface area contributed by atoms with Crippen molar-refractivity contribution < 1.29 is 18.0 Å². The van der Waals surface area contributed by atoms with Crippen LogP contribution in [0.2, 0.25) is 0 Å². The second kappa shape index (κ2) is 6.31. The third-order valence-electron chi connectivity index (χ3n) is 3.45. The summed E-state index contributed by atoms with van der Waals surface area (Å²) in [7, 11) is 1.76. The zero-order valence-electron chi connectivity index (χ0n) is 13.0. The van der Waals surface area contributed by atoms with Crippen LogP contribution in [0.1, 0.15) is 22.5 Å². The number of halogens is 3. The van der Waals surface area contributed by atoms with Gasteiger partial charge in [-0.2, -0.15) is 18.3 Å². The minimum Gasteiger partial charge on any atom is -0.334 e. The summed E-state index contributed by atoms with van der Waals surface area (Å²) in [6.45, 7) is 3.56. The van der Waals surface area contributed by atoms with Crippen LogP contribution in [0.4, 0.5) is 23.7 Å². The van der Waals surface area contributed by atoms with Crippen molar-refractivity contribution >= 4 is 11.7 Å². The molecule has 2 N–H and O–H groups in total. The molecule has 0 fully saturated rings. The quantitative estimate of drug-likeness (QED) is 0.908. The van der Waals surface area contributed by atoms with E-state index in [-0.39, 0.29) is 6.54 Å². The van der Waals surface area contributed by atoms with E-state index >= 15 is 0 Å². The SMILES string of the molecule is Cc1nn(C)c(C)c1NC(=O)NCc1cccc(C(F)(F)F)c1. The Kier molecular flexibility index (Phi) is 4.63. The molecule has 2 aromatic rings. The van der Waals surface area contributed by atoms with Crippen LogP contribution in [0.15, 0.2) is 24.3 Å². The lowest BCUT2D eigenvalue weighted by molar-refractivity contribution is -0.137. The van der Waals surface area contributed by atoms with Gasteiger partial charge < -0.3 is 10.6 Å². The number of rotatable bonds is 3. The van der Waals surface area contributed by atoms with E-state index in [1.165, 1.54) is 12.1 Å². The van der Waals surface area contributed by atoms with Crippen molar-refractivity contribution in [2.24, 2.45) is 7.05 Å². The molecule has 0 aliphatic carbocycles. The lowest BCUT2D eigenvalue weighted by atomic mass is 10.1. The Morgan fingerprint density at radius 1 is 1.30 bits per heavy atom. The molecule has 0 saturated heterocycles. The van der Waals surface area contributed by atoms with E-state index in [2.05, 4.69) is 15.7 Å². The summed E-state index contributed by atoms with van der Waals surface area (Å²) >= 11 is 0. The van der Waals surface area contributed by atoms with Crippen LogP contribution in [-0.4, -0.2) is 15.8 Å². The van der Waals surface area contributed by atoms with Gasteiger partial charge in [-0.3, -0.25) is 4.68 Å². The van der Waals surface area contributed by atoms with E-state index in [1.54, 1.807) is 18.7 Å². The highest BCUT2D eigenvalue weighted by Crippen LogP contribution is 2.29. The van der Waals surface area contributed by atoms with Crippen molar-refractivity contribution in [3.05, 3.63) is 46.8 Å². The Hall–Kier alpha value is -2.51. The summed E-state index contributed by atoms with van der Waals surface area (Å²) in [5.41, 5.74) is 1.68. The van der Waals surface area contributed by atoms with Crippen molar-refractivity contribution in [1.82, 2.24) is 15.1 Å². The Balaban J connectivity index is 2.00. The molecule has 1 heterocycles. The van der Waals surface area contributed by atoms with Gasteiger partial charge in [0.1, 0.15) is 0 Å². The molecular formula is C15H17F3N4O. The first-order valence-corrected chi connectivity index (χ1v) is 6.89. The van der Waals surface area contributed by atoms with E-state index in [0.717, 1.165) is 17.8 Å². The fraction of sp³-hybridized carbons (Fsp3) is 0.333. The molecule has 2 amide bonds. The van der Waals surface area contributed by atoms with Gasteiger partial charge in [-0.05, 0) is 31.5 Å². The summed E-state index contributed by atoms with van der Waals surface area (Å²) < 4.78 is 39.5. The Morgan fingerprint density at radius 3 is 2.57 bits per heavy atom. The summed E-state index contributed by atoms with van der Waals surface area (Å²) in [5, 5.41) is 9.36. The maximum absolute atomic E-state index is 12.6. The highest BCUT2D eigenvalue weighted by Gasteiger charge is 2.30. The van der Waals surface area contributed by atoms with Crippen LogP contribution in [-0.2, 0) is 19.8 Å². The topological polar surface area (TPSA) is 59.0 Å². The number of benzene rings is 1. The maximum atomic E-state index is 12.6. The van der Waals surface area contributed by atoms with Crippen LogP contribution < -0.4 is 10.6 Å². The normalized spacial score (nSPS) is 11.4. The molecule has 2 rings (SSSR count). The number of urea groups is 1. The molecule has 8 heteroatoms. The van der Waals surface area contributed by atoms with Gasteiger partial charge in [-0.1, -0.05) is 12.1 Å². The minimum absolute atomic E-state index is 0.00584. The predicted octanol–water partition coefficient (Wildman–Crippen LogP) is 3.38. The maximum Gasteiger partial charge on any atom is 0.416 e. The standard InChI is InChI=1S/C15H17F3N4O/c1-9-13(10(2)22(3)21-9)20-14(23)19-8-11-5-4-6-12(7-11)15(16,17)18/h4-7H,8H2,1-3H3,(H2,19,20,23).